The molecule has 3 heteroatoms. The van der Waals surface area contributed by atoms with Crippen molar-refractivity contribution in [2.24, 2.45) is 0 Å². The topological polar surface area (TPSA) is 33.1 Å². The normalized spacial score (nSPS) is 10.8. The number of aryl methyl sites for hydroxylation is 1. The van der Waals surface area contributed by atoms with Gasteiger partial charge in [0.1, 0.15) is 0 Å². The number of pyridine rings is 1. The van der Waals surface area contributed by atoms with Gasteiger partial charge in [0.15, 0.2) is 0 Å². The van der Waals surface area contributed by atoms with Gasteiger partial charge in [-0.15, -0.1) is 0 Å². The smallest absolute Gasteiger partial charge is 0.0687 e. The molecule has 1 N–H and O–H groups in total. The lowest BCUT2D eigenvalue weighted by Crippen LogP contribution is -1.90. The monoisotopic (exact) mass is 207 g/mol. The fraction of sp³-hybridized carbons (Fsp3) is 0.182. The van der Waals surface area contributed by atoms with Gasteiger partial charge in [-0.05, 0) is 30.0 Å². The zero-order valence-electron chi connectivity index (χ0n) is 7.79. The Labute approximate surface area is 87.2 Å². The molecule has 1 aromatic heterocycles. The number of nitrogens with zero attached hydrogens (tertiary/aromatic N) is 1. The molecule has 0 amide bonds. The van der Waals surface area contributed by atoms with E-state index in [4.69, 9.17) is 16.7 Å². The van der Waals surface area contributed by atoms with E-state index in [-0.39, 0.29) is 6.61 Å². The highest BCUT2D eigenvalue weighted by Gasteiger charge is 2.06. The molecule has 14 heavy (non-hydrogen) atoms. The molecular weight excluding hydrogens is 198 g/mol. The Kier molecular flexibility index (Phi) is 2.40. The number of halogens is 1. The molecule has 0 aliphatic heterocycles. The molecule has 0 atom stereocenters. The summed E-state index contributed by atoms with van der Waals surface area (Å²) in [7, 11) is 0. The Morgan fingerprint density at radius 1 is 1.36 bits per heavy atom. The van der Waals surface area contributed by atoms with Gasteiger partial charge in [0, 0.05) is 17.3 Å². The first-order valence-electron chi connectivity index (χ1n) is 4.37. The molecule has 2 rings (SSSR count). The molecule has 1 heterocycles. The van der Waals surface area contributed by atoms with Crippen LogP contribution in [0.4, 0.5) is 0 Å². The van der Waals surface area contributed by atoms with Crippen molar-refractivity contribution in [3.05, 3.63) is 40.7 Å². The molecular formula is C11H10ClNO. The maximum absolute atomic E-state index is 9.15. The maximum atomic E-state index is 9.15. The molecule has 0 bridgehead atoms. The Morgan fingerprint density at radius 3 is 2.86 bits per heavy atom. The molecule has 0 spiro atoms. The van der Waals surface area contributed by atoms with Gasteiger partial charge in [-0.2, -0.15) is 0 Å². The van der Waals surface area contributed by atoms with E-state index >= 15 is 0 Å². The summed E-state index contributed by atoms with van der Waals surface area (Å²) in [4.78, 5) is 4.18. The number of benzene rings is 1. The number of rotatable bonds is 1. The lowest BCUT2D eigenvalue weighted by atomic mass is 10.1. The summed E-state index contributed by atoms with van der Waals surface area (Å²) in [6.07, 6.45) is 1.73. The molecule has 0 unspecified atom stereocenters. The molecule has 0 saturated carbocycles. The summed E-state index contributed by atoms with van der Waals surface area (Å²) in [6.45, 7) is 1.94. The van der Waals surface area contributed by atoms with E-state index < -0.39 is 0 Å². The number of aliphatic hydroxyl groups excluding tert-OH is 1. The summed E-state index contributed by atoms with van der Waals surface area (Å²) in [6, 6.07) is 5.51. The Morgan fingerprint density at radius 2 is 2.14 bits per heavy atom. The van der Waals surface area contributed by atoms with Crippen LogP contribution in [0, 0.1) is 6.92 Å². The van der Waals surface area contributed by atoms with Crippen LogP contribution in [0.3, 0.4) is 0 Å². The van der Waals surface area contributed by atoms with Crippen molar-refractivity contribution < 1.29 is 5.11 Å². The summed E-state index contributed by atoms with van der Waals surface area (Å²) < 4.78 is 0. The summed E-state index contributed by atoms with van der Waals surface area (Å²) in [5.41, 5.74) is 1.78. The van der Waals surface area contributed by atoms with Crippen LogP contribution in [0.5, 0.6) is 0 Å². The molecule has 2 aromatic rings. The highest BCUT2D eigenvalue weighted by molar-refractivity contribution is 6.35. The Hall–Kier alpha value is -1.12. The first-order valence-corrected chi connectivity index (χ1v) is 4.75. The van der Waals surface area contributed by atoms with Crippen LogP contribution in [-0.4, -0.2) is 10.1 Å². The third-order valence-corrected chi connectivity index (χ3v) is 2.64. The van der Waals surface area contributed by atoms with Gasteiger partial charge in [0.25, 0.3) is 0 Å². The average molecular weight is 208 g/mol. The van der Waals surface area contributed by atoms with Crippen LogP contribution < -0.4 is 0 Å². The van der Waals surface area contributed by atoms with Gasteiger partial charge in [-0.3, -0.25) is 4.98 Å². The second kappa shape index (κ2) is 3.56. The van der Waals surface area contributed by atoms with E-state index in [9.17, 15) is 0 Å². The van der Waals surface area contributed by atoms with Crippen molar-refractivity contribution in [1.29, 1.82) is 0 Å². The van der Waals surface area contributed by atoms with E-state index in [1.54, 1.807) is 12.3 Å². The first kappa shape index (κ1) is 9.44. The molecule has 2 nitrogen and oxygen atoms in total. The summed E-state index contributed by atoms with van der Waals surface area (Å²) >= 11 is 6.07. The molecule has 0 radical (unpaired) electrons. The van der Waals surface area contributed by atoms with Gasteiger partial charge < -0.3 is 5.11 Å². The van der Waals surface area contributed by atoms with E-state index in [2.05, 4.69) is 4.98 Å². The molecule has 72 valence electrons. The van der Waals surface area contributed by atoms with Crippen molar-refractivity contribution in [2.75, 3.05) is 0 Å². The zero-order valence-corrected chi connectivity index (χ0v) is 8.54. The van der Waals surface area contributed by atoms with Crippen LogP contribution in [-0.2, 0) is 6.61 Å². The quantitative estimate of drug-likeness (QED) is 0.780. The molecule has 0 saturated heterocycles. The molecule has 0 aliphatic rings. The highest BCUT2D eigenvalue weighted by Crippen LogP contribution is 2.28. The van der Waals surface area contributed by atoms with Crippen LogP contribution in [0.2, 0.25) is 5.02 Å². The number of aromatic nitrogens is 1. The van der Waals surface area contributed by atoms with E-state index in [1.165, 1.54) is 0 Å². The largest absolute Gasteiger partial charge is 0.392 e. The number of hydrogen-bond donors (Lipinski definition) is 1. The van der Waals surface area contributed by atoms with Crippen molar-refractivity contribution >= 4 is 22.4 Å². The van der Waals surface area contributed by atoms with Crippen LogP contribution in [0.15, 0.2) is 24.4 Å². The predicted molar refractivity (Wildman–Crippen MR) is 57.4 cm³/mol. The van der Waals surface area contributed by atoms with Crippen molar-refractivity contribution in [3.8, 4) is 0 Å². The minimum atomic E-state index is 0.0249. The van der Waals surface area contributed by atoms with Crippen LogP contribution in [0.25, 0.3) is 10.8 Å². The van der Waals surface area contributed by atoms with Gasteiger partial charge in [0.05, 0.1) is 11.6 Å². The van der Waals surface area contributed by atoms with Crippen molar-refractivity contribution in [1.82, 2.24) is 4.98 Å². The number of fused-ring (bicyclic) bond motifs is 1. The zero-order chi connectivity index (χ0) is 10.1. The highest BCUT2D eigenvalue weighted by atomic mass is 35.5. The first-order chi connectivity index (χ1) is 6.74. The lowest BCUT2D eigenvalue weighted by Gasteiger charge is -2.07. The number of hydrogen-bond acceptors (Lipinski definition) is 2. The van der Waals surface area contributed by atoms with Crippen molar-refractivity contribution in [2.45, 2.75) is 13.5 Å². The Balaban J connectivity index is 2.91. The minimum Gasteiger partial charge on any atom is -0.392 e. The van der Waals surface area contributed by atoms with E-state index in [1.807, 2.05) is 19.1 Å². The molecule has 0 aliphatic carbocycles. The van der Waals surface area contributed by atoms with E-state index in [0.29, 0.717) is 5.02 Å². The van der Waals surface area contributed by atoms with Gasteiger partial charge in [-0.1, -0.05) is 17.7 Å². The Bertz CT molecular complexity index is 474. The third kappa shape index (κ3) is 1.37. The second-order valence-electron chi connectivity index (χ2n) is 3.18. The van der Waals surface area contributed by atoms with Crippen LogP contribution in [0.1, 0.15) is 11.3 Å². The maximum Gasteiger partial charge on any atom is 0.0687 e. The second-order valence-corrected chi connectivity index (χ2v) is 3.59. The third-order valence-electron chi connectivity index (χ3n) is 2.33. The standard InChI is InChI=1S/C11H10ClNO/c1-7-11-9(4-5-13-7)8(6-14)2-3-10(11)12/h2-5,14H,6H2,1H3. The van der Waals surface area contributed by atoms with E-state index in [0.717, 1.165) is 22.0 Å². The van der Waals surface area contributed by atoms with Gasteiger partial charge in [0.2, 0.25) is 0 Å². The minimum absolute atomic E-state index is 0.0249. The molecule has 1 aromatic carbocycles. The summed E-state index contributed by atoms with van der Waals surface area (Å²) in [5, 5.41) is 11.7. The fourth-order valence-electron chi connectivity index (χ4n) is 1.62. The van der Waals surface area contributed by atoms with Gasteiger partial charge >= 0.3 is 0 Å². The average Bonchev–Trinajstić information content (AvgIpc) is 2.18. The predicted octanol–water partition coefficient (Wildman–Crippen LogP) is 2.69. The number of aliphatic hydroxyl groups is 1. The molecule has 0 fully saturated rings. The summed E-state index contributed by atoms with van der Waals surface area (Å²) in [5.74, 6) is 0. The SMILES string of the molecule is Cc1nccc2c(CO)ccc(Cl)c12. The fourth-order valence-corrected chi connectivity index (χ4v) is 1.92. The van der Waals surface area contributed by atoms with Gasteiger partial charge in [-0.25, -0.2) is 0 Å². The lowest BCUT2D eigenvalue weighted by molar-refractivity contribution is 0.283. The van der Waals surface area contributed by atoms with Crippen LogP contribution >= 0.6 is 11.6 Å². The van der Waals surface area contributed by atoms with Crippen molar-refractivity contribution in [3.63, 3.8) is 0 Å².